The zero-order valence-corrected chi connectivity index (χ0v) is 18.7. The number of nitrogens with zero attached hydrogens (tertiary/aromatic N) is 2. The second-order valence-electron chi connectivity index (χ2n) is 9.09. The minimum absolute atomic E-state index is 0.142. The van der Waals surface area contributed by atoms with Crippen molar-refractivity contribution in [1.82, 2.24) is 15.3 Å². The summed E-state index contributed by atoms with van der Waals surface area (Å²) in [4.78, 5) is 5.38. The SMILES string of the molecule is Cc1ccc2c(c1)CC(CC(C1CCCN1[O-])N1CCNCC1)c1ccccc1S2. The monoisotopic (exact) mass is 422 g/mol. The molecule has 0 saturated carbocycles. The van der Waals surface area contributed by atoms with E-state index in [0.29, 0.717) is 18.5 Å². The molecule has 2 saturated heterocycles. The Morgan fingerprint density at radius 2 is 1.93 bits per heavy atom. The molecule has 0 spiro atoms. The summed E-state index contributed by atoms with van der Waals surface area (Å²) in [5.74, 6) is 0.450. The summed E-state index contributed by atoms with van der Waals surface area (Å²) in [6.07, 6.45) is 4.20. The largest absolute Gasteiger partial charge is 0.785 e. The highest BCUT2D eigenvalue weighted by atomic mass is 32.2. The molecule has 2 aromatic carbocycles. The summed E-state index contributed by atoms with van der Waals surface area (Å²) in [6, 6.07) is 16.3. The standard InChI is InChI=1S/C25H32N3OS/c1-18-8-9-24-20(15-18)16-19(21-5-2-3-7-25(21)30-24)17-23(22-6-4-12-28(22)29)27-13-10-26-11-14-27/h2-3,5,7-9,15,19,22-23,26H,4,6,10-14,16-17H2,1H3/q-1. The third kappa shape index (κ3) is 4.19. The third-order valence-corrected chi connectivity index (χ3v) is 8.31. The van der Waals surface area contributed by atoms with Gasteiger partial charge >= 0.3 is 0 Å². The van der Waals surface area contributed by atoms with Crippen LogP contribution in [-0.4, -0.2) is 54.8 Å². The average Bonchev–Trinajstić information content (AvgIpc) is 3.12. The van der Waals surface area contributed by atoms with E-state index in [0.717, 1.165) is 51.9 Å². The van der Waals surface area contributed by atoms with Gasteiger partial charge in [0.05, 0.1) is 0 Å². The van der Waals surface area contributed by atoms with Crippen molar-refractivity contribution in [2.45, 2.75) is 60.4 Å². The molecule has 3 heterocycles. The molecule has 0 bridgehead atoms. The van der Waals surface area contributed by atoms with E-state index in [9.17, 15) is 5.21 Å². The first-order valence-corrected chi connectivity index (χ1v) is 12.3. The average molecular weight is 423 g/mol. The Labute approximate surface area is 184 Å². The molecule has 1 N–H and O–H groups in total. The number of hydroxylamine groups is 2. The van der Waals surface area contributed by atoms with E-state index in [1.54, 1.807) is 0 Å². The van der Waals surface area contributed by atoms with Crippen molar-refractivity contribution in [2.75, 3.05) is 32.7 Å². The molecule has 2 aromatic rings. The molecule has 2 fully saturated rings. The Morgan fingerprint density at radius 3 is 2.73 bits per heavy atom. The number of hydrogen-bond donors (Lipinski definition) is 1. The van der Waals surface area contributed by atoms with Crippen molar-refractivity contribution < 1.29 is 0 Å². The minimum Gasteiger partial charge on any atom is -0.785 e. The quantitative estimate of drug-likeness (QED) is 0.790. The molecule has 5 rings (SSSR count). The topological polar surface area (TPSA) is 41.6 Å². The number of fused-ring (bicyclic) bond motifs is 2. The van der Waals surface area contributed by atoms with Gasteiger partial charge in [0.25, 0.3) is 0 Å². The lowest BCUT2D eigenvalue weighted by Gasteiger charge is -2.45. The van der Waals surface area contributed by atoms with Gasteiger partial charge in [-0.15, -0.1) is 0 Å². The molecule has 4 nitrogen and oxygen atoms in total. The molecular formula is C25H32N3OS-. The van der Waals surface area contributed by atoms with E-state index in [1.807, 2.05) is 11.8 Å². The van der Waals surface area contributed by atoms with Gasteiger partial charge in [-0.3, -0.25) is 4.90 Å². The summed E-state index contributed by atoms with van der Waals surface area (Å²) in [5.41, 5.74) is 4.26. The van der Waals surface area contributed by atoms with Crippen molar-refractivity contribution in [2.24, 2.45) is 0 Å². The van der Waals surface area contributed by atoms with Crippen molar-refractivity contribution >= 4 is 11.8 Å². The zero-order valence-electron chi connectivity index (χ0n) is 17.8. The second-order valence-corrected chi connectivity index (χ2v) is 10.2. The van der Waals surface area contributed by atoms with E-state index < -0.39 is 0 Å². The van der Waals surface area contributed by atoms with Crippen LogP contribution in [0.15, 0.2) is 52.3 Å². The fourth-order valence-electron chi connectivity index (χ4n) is 5.59. The van der Waals surface area contributed by atoms with Crippen LogP contribution < -0.4 is 5.32 Å². The molecule has 5 heteroatoms. The highest BCUT2D eigenvalue weighted by Crippen LogP contribution is 2.44. The van der Waals surface area contributed by atoms with E-state index in [1.165, 1.54) is 31.5 Å². The summed E-state index contributed by atoms with van der Waals surface area (Å²) in [7, 11) is 0. The smallest absolute Gasteiger partial charge is 0.0249 e. The zero-order chi connectivity index (χ0) is 20.5. The molecule has 30 heavy (non-hydrogen) atoms. The molecule has 160 valence electrons. The fourth-order valence-corrected chi connectivity index (χ4v) is 6.73. The van der Waals surface area contributed by atoms with E-state index in [-0.39, 0.29) is 6.04 Å². The van der Waals surface area contributed by atoms with Gasteiger partial charge in [-0.25, -0.2) is 0 Å². The number of piperazine rings is 1. The van der Waals surface area contributed by atoms with E-state index in [4.69, 9.17) is 0 Å². The van der Waals surface area contributed by atoms with Crippen LogP contribution in [0.1, 0.15) is 41.9 Å². The molecule has 0 radical (unpaired) electrons. The Balaban J connectivity index is 1.49. The van der Waals surface area contributed by atoms with E-state index in [2.05, 4.69) is 59.6 Å². The number of nitrogens with one attached hydrogen (secondary N) is 1. The van der Waals surface area contributed by atoms with Crippen molar-refractivity contribution in [3.05, 3.63) is 64.4 Å². The summed E-state index contributed by atoms with van der Waals surface area (Å²) in [6.45, 7) is 7.05. The maximum atomic E-state index is 12.7. The minimum atomic E-state index is 0.142. The lowest BCUT2D eigenvalue weighted by Crippen LogP contribution is -2.55. The lowest BCUT2D eigenvalue weighted by molar-refractivity contribution is 0.0983. The van der Waals surface area contributed by atoms with E-state index >= 15 is 0 Å². The molecule has 3 aliphatic rings. The van der Waals surface area contributed by atoms with Gasteiger partial charge in [0.15, 0.2) is 0 Å². The number of hydrogen-bond acceptors (Lipinski definition) is 5. The Kier molecular flexibility index (Phi) is 6.17. The molecular weight excluding hydrogens is 390 g/mol. The van der Waals surface area contributed by atoms with Crippen LogP contribution in [-0.2, 0) is 6.42 Å². The second kappa shape index (κ2) is 9.01. The number of benzene rings is 2. The first-order valence-electron chi connectivity index (χ1n) is 11.4. The predicted molar refractivity (Wildman–Crippen MR) is 124 cm³/mol. The highest BCUT2D eigenvalue weighted by molar-refractivity contribution is 7.99. The van der Waals surface area contributed by atoms with Crippen LogP contribution in [0.4, 0.5) is 0 Å². The highest BCUT2D eigenvalue weighted by Gasteiger charge is 2.35. The molecule has 3 aliphatic heterocycles. The predicted octanol–water partition coefficient (Wildman–Crippen LogP) is 4.41. The van der Waals surface area contributed by atoms with Crippen molar-refractivity contribution in [3.8, 4) is 0 Å². The fraction of sp³-hybridized carbons (Fsp3) is 0.520. The van der Waals surface area contributed by atoms with Gasteiger partial charge in [-0.1, -0.05) is 47.7 Å². The first-order chi connectivity index (χ1) is 14.7. The van der Waals surface area contributed by atoms with Gasteiger partial charge in [-0.05, 0) is 68.3 Å². The maximum absolute atomic E-state index is 12.7. The maximum Gasteiger partial charge on any atom is 0.0249 e. The normalized spacial score (nSPS) is 26.1. The van der Waals surface area contributed by atoms with Crippen molar-refractivity contribution in [3.63, 3.8) is 0 Å². The van der Waals surface area contributed by atoms with Crippen LogP contribution in [0, 0.1) is 12.1 Å². The number of aryl methyl sites for hydroxylation is 1. The Morgan fingerprint density at radius 1 is 1.10 bits per heavy atom. The van der Waals surface area contributed by atoms with Gasteiger partial charge in [-0.2, -0.15) is 0 Å². The Bertz CT molecular complexity index is 882. The molecule has 0 aliphatic carbocycles. The number of rotatable bonds is 4. The lowest BCUT2D eigenvalue weighted by atomic mass is 9.83. The summed E-state index contributed by atoms with van der Waals surface area (Å²) < 4.78 is 0. The van der Waals surface area contributed by atoms with Gasteiger partial charge in [0.2, 0.25) is 0 Å². The van der Waals surface area contributed by atoms with Crippen LogP contribution in [0.25, 0.3) is 0 Å². The molecule has 3 unspecified atom stereocenters. The molecule has 0 amide bonds. The van der Waals surface area contributed by atoms with Gasteiger partial charge in [0, 0.05) is 48.1 Å². The van der Waals surface area contributed by atoms with Crippen molar-refractivity contribution in [1.29, 1.82) is 0 Å². The van der Waals surface area contributed by atoms with Crippen LogP contribution in [0.2, 0.25) is 0 Å². The van der Waals surface area contributed by atoms with Crippen LogP contribution in [0.3, 0.4) is 0 Å². The first kappa shape index (κ1) is 20.5. The molecule has 3 atom stereocenters. The van der Waals surface area contributed by atoms with Gasteiger partial charge in [0.1, 0.15) is 0 Å². The third-order valence-electron chi connectivity index (χ3n) is 7.10. The molecule has 0 aromatic heterocycles. The Hall–Kier alpha value is -1.37. The summed E-state index contributed by atoms with van der Waals surface area (Å²) >= 11 is 1.92. The summed E-state index contributed by atoms with van der Waals surface area (Å²) in [5, 5.41) is 17.6. The van der Waals surface area contributed by atoms with Crippen LogP contribution >= 0.6 is 11.8 Å². The van der Waals surface area contributed by atoms with Gasteiger partial charge < -0.3 is 15.6 Å². The van der Waals surface area contributed by atoms with Crippen LogP contribution in [0.5, 0.6) is 0 Å².